The number of hydrogen-bond donors (Lipinski definition) is 0. The number of pyridine rings is 1. The number of aromatic nitrogens is 1. The van der Waals surface area contributed by atoms with Gasteiger partial charge in [-0.3, -0.25) is 4.99 Å². The fourth-order valence-corrected chi connectivity index (χ4v) is 9.07. The van der Waals surface area contributed by atoms with Crippen LogP contribution < -0.4 is 9.64 Å². The molecule has 1 aromatic heterocycles. The van der Waals surface area contributed by atoms with Crippen molar-refractivity contribution in [3.8, 4) is 22.6 Å². The van der Waals surface area contributed by atoms with Crippen molar-refractivity contribution in [2.75, 3.05) is 4.90 Å². The predicted octanol–water partition coefficient (Wildman–Crippen LogP) is 12.6. The molecule has 0 unspecified atom stereocenters. The van der Waals surface area contributed by atoms with Crippen molar-refractivity contribution in [3.05, 3.63) is 129 Å². The van der Waals surface area contributed by atoms with Gasteiger partial charge in [0.2, 0.25) is 0 Å². The first-order chi connectivity index (χ1) is 25.3. The van der Waals surface area contributed by atoms with E-state index in [1.54, 1.807) is 0 Å². The molecule has 8 rings (SSSR count). The Morgan fingerprint density at radius 3 is 2.15 bits per heavy atom. The van der Waals surface area contributed by atoms with Crippen LogP contribution in [0.4, 0.5) is 17.2 Å². The first-order valence-corrected chi connectivity index (χ1v) is 19.4. The van der Waals surface area contributed by atoms with Crippen molar-refractivity contribution in [1.29, 1.82) is 0 Å². The average Bonchev–Trinajstić information content (AvgIpc) is 3.50. The summed E-state index contributed by atoms with van der Waals surface area (Å²) in [4.78, 5) is 12.6. The van der Waals surface area contributed by atoms with Crippen molar-refractivity contribution in [1.82, 2.24) is 4.98 Å². The number of anilines is 3. The second-order valence-electron chi connectivity index (χ2n) is 18.1. The van der Waals surface area contributed by atoms with Gasteiger partial charge >= 0.3 is 21.1 Å². The number of ether oxygens (including phenoxy) is 2. The van der Waals surface area contributed by atoms with Gasteiger partial charge in [-0.25, -0.2) is 4.98 Å². The topological polar surface area (TPSA) is 47.0 Å². The average molecular weight is 911 g/mol. The van der Waals surface area contributed by atoms with E-state index in [0.29, 0.717) is 17.4 Å². The van der Waals surface area contributed by atoms with Crippen LogP contribution in [-0.4, -0.2) is 22.0 Å². The molecule has 5 aromatic rings. The van der Waals surface area contributed by atoms with E-state index in [9.17, 15) is 0 Å². The molecule has 1 fully saturated rings. The standard InChI is InChI=1S/C49H53N3O2.Pt/c1-29-18-32(4)43(33(5)19-29)34-23-35(45-51-48(11)16-13-17-49(48,12)54-45)25-39(24-34)53-38-21-30(2)20-37(27-38)52-42-15-14-36(46(6,7)8)26-40(42)47(9,10)41-22-31(3)28-50-44(41)52;/h14-15,18-24,26,28H,13,16-17H2,1-12H3;/q-2;+2/t48-,49+;/m1./s1. The van der Waals surface area contributed by atoms with E-state index in [1.165, 1.54) is 38.9 Å². The maximum Gasteiger partial charge on any atom is 2.00 e. The van der Waals surface area contributed by atoms with Gasteiger partial charge in [-0.2, -0.15) is 5.56 Å². The minimum Gasteiger partial charge on any atom is -0.512 e. The van der Waals surface area contributed by atoms with Crippen LogP contribution in [-0.2, 0) is 36.6 Å². The third-order valence-electron chi connectivity index (χ3n) is 12.3. The fourth-order valence-electron chi connectivity index (χ4n) is 9.07. The van der Waals surface area contributed by atoms with Gasteiger partial charge in [0.15, 0.2) is 0 Å². The molecule has 0 saturated heterocycles. The van der Waals surface area contributed by atoms with E-state index >= 15 is 0 Å². The molecule has 0 bridgehead atoms. The normalized spacial score (nSPS) is 20.9. The fraction of sp³-hybridized carbons (Fsp3) is 0.388. The molecule has 0 amide bonds. The molecular weight excluding hydrogens is 858 g/mol. The van der Waals surface area contributed by atoms with Crippen molar-refractivity contribution >= 4 is 23.1 Å². The third kappa shape index (κ3) is 6.65. The summed E-state index contributed by atoms with van der Waals surface area (Å²) in [5.41, 5.74) is 13.9. The maximum atomic E-state index is 6.83. The molecule has 0 spiro atoms. The van der Waals surface area contributed by atoms with E-state index in [-0.39, 0.29) is 43.0 Å². The smallest absolute Gasteiger partial charge is 0.512 e. The van der Waals surface area contributed by atoms with Crippen LogP contribution in [0.2, 0.25) is 0 Å². The van der Waals surface area contributed by atoms with Crippen molar-refractivity contribution < 1.29 is 30.5 Å². The second kappa shape index (κ2) is 13.5. The van der Waals surface area contributed by atoms with Crippen LogP contribution in [0.5, 0.6) is 11.5 Å². The zero-order valence-corrected chi connectivity index (χ0v) is 36.7. The van der Waals surface area contributed by atoms with Gasteiger partial charge < -0.3 is 14.4 Å². The first-order valence-electron chi connectivity index (χ1n) is 19.4. The Labute approximate surface area is 342 Å². The minimum absolute atomic E-state index is 0. The molecule has 4 aromatic carbocycles. The van der Waals surface area contributed by atoms with Crippen molar-refractivity contribution in [2.45, 2.75) is 124 Å². The Hall–Kier alpha value is -4.21. The van der Waals surface area contributed by atoms with Crippen LogP contribution in [0.1, 0.15) is 118 Å². The summed E-state index contributed by atoms with van der Waals surface area (Å²) in [6.07, 6.45) is 5.08. The number of aliphatic imine (C=N–C) groups is 1. The second-order valence-corrected chi connectivity index (χ2v) is 18.1. The minimum atomic E-state index is -0.322. The zero-order valence-electron chi connectivity index (χ0n) is 34.4. The van der Waals surface area contributed by atoms with Crippen LogP contribution in [0.15, 0.2) is 71.9 Å². The molecule has 1 saturated carbocycles. The molecule has 3 heterocycles. The van der Waals surface area contributed by atoms with Gasteiger partial charge in [0.25, 0.3) is 0 Å². The third-order valence-corrected chi connectivity index (χ3v) is 12.3. The SMILES string of the molecule is Cc1cc(Oc2[c-]c(C3=N[C@]4(C)CCC[C@]4(C)O3)cc(-c3c(C)cc(C)cc3C)c2)[c-]c(N2c3ccc(C(C)(C)C)cc3C(C)(C)c3cc(C)cnc32)c1.[Pt+2]. The molecule has 55 heavy (non-hydrogen) atoms. The van der Waals surface area contributed by atoms with E-state index in [1.807, 2.05) is 12.3 Å². The summed E-state index contributed by atoms with van der Waals surface area (Å²) in [7, 11) is 0. The zero-order chi connectivity index (χ0) is 38.5. The largest absolute Gasteiger partial charge is 2.00 e. The van der Waals surface area contributed by atoms with Crippen LogP contribution in [0.25, 0.3) is 11.1 Å². The van der Waals surface area contributed by atoms with E-state index in [4.69, 9.17) is 19.5 Å². The van der Waals surface area contributed by atoms with Crippen molar-refractivity contribution in [2.24, 2.45) is 4.99 Å². The number of aryl methyl sites for hydroxylation is 5. The Kier molecular flexibility index (Phi) is 9.56. The summed E-state index contributed by atoms with van der Waals surface area (Å²) in [6.45, 7) is 26.6. The maximum absolute atomic E-state index is 6.83. The predicted molar refractivity (Wildman–Crippen MR) is 221 cm³/mol. The molecule has 0 radical (unpaired) electrons. The number of nitrogens with zero attached hydrogens (tertiary/aromatic N) is 3. The molecule has 286 valence electrons. The van der Waals surface area contributed by atoms with Gasteiger partial charge in [-0.05, 0) is 112 Å². The van der Waals surface area contributed by atoms with E-state index in [2.05, 4.69) is 155 Å². The molecule has 2 atom stereocenters. The number of fused-ring (bicyclic) bond motifs is 3. The van der Waals surface area contributed by atoms with Gasteiger partial charge in [-0.15, -0.1) is 24.3 Å². The Balaban J connectivity index is 0.00000465. The molecule has 2 aliphatic heterocycles. The summed E-state index contributed by atoms with van der Waals surface area (Å²) >= 11 is 0. The van der Waals surface area contributed by atoms with Crippen LogP contribution in [0, 0.1) is 46.8 Å². The molecule has 1 aliphatic carbocycles. The van der Waals surface area contributed by atoms with Gasteiger partial charge in [-0.1, -0.05) is 100 Å². The Bertz CT molecular complexity index is 2360. The van der Waals surface area contributed by atoms with E-state index < -0.39 is 0 Å². The summed E-state index contributed by atoms with van der Waals surface area (Å²) in [5.74, 6) is 2.76. The Morgan fingerprint density at radius 1 is 0.764 bits per heavy atom. The molecule has 3 aliphatic rings. The quantitative estimate of drug-likeness (QED) is 0.165. The summed E-state index contributed by atoms with van der Waals surface area (Å²) in [5, 5.41) is 0. The number of benzene rings is 4. The molecule has 5 nitrogen and oxygen atoms in total. The Morgan fingerprint density at radius 2 is 1.45 bits per heavy atom. The van der Waals surface area contributed by atoms with Gasteiger partial charge in [0, 0.05) is 34.4 Å². The van der Waals surface area contributed by atoms with Gasteiger partial charge in [0.05, 0.1) is 5.54 Å². The van der Waals surface area contributed by atoms with E-state index in [0.717, 1.165) is 58.7 Å². The number of hydrogen-bond acceptors (Lipinski definition) is 5. The number of rotatable bonds is 5. The van der Waals surface area contributed by atoms with Crippen LogP contribution >= 0.6 is 0 Å². The summed E-state index contributed by atoms with van der Waals surface area (Å²) < 4.78 is 13.5. The van der Waals surface area contributed by atoms with Crippen molar-refractivity contribution in [3.63, 3.8) is 0 Å². The first kappa shape index (κ1) is 39.0. The van der Waals surface area contributed by atoms with Gasteiger partial charge in [0.1, 0.15) is 17.3 Å². The van der Waals surface area contributed by atoms with Crippen LogP contribution in [0.3, 0.4) is 0 Å². The summed E-state index contributed by atoms with van der Waals surface area (Å²) in [6, 6.07) is 29.4. The molecule has 6 heteroatoms. The molecule has 0 N–H and O–H groups in total. The monoisotopic (exact) mass is 910 g/mol. The molecular formula is C49H53N3O2Pt.